The molecule has 1 rings (SSSR count). The average molecular weight is 669 g/mol. The molecule has 0 fully saturated rings. The second-order valence-corrected chi connectivity index (χ2v) is 12.2. The van der Waals surface area contributed by atoms with E-state index in [9.17, 15) is 61.5 Å². The minimum absolute atomic E-state index is 0.341. The molecule has 0 unspecified atom stereocenters. The SMILES string of the molecule is CC(C)(C)C1=NCCCN=C(C(F)(F)C(F)(F)C(F)(F)F)CC(C(C)(C)C)=NCCCN=C(C(F)(F)C(F)(F)C(F)(F)F)C1. The molecule has 0 aromatic heterocycles. The van der Waals surface area contributed by atoms with Gasteiger partial charge in [-0.15, -0.1) is 0 Å². The molecule has 1 aliphatic heterocycles. The molecule has 1 heterocycles. The van der Waals surface area contributed by atoms with Crippen molar-refractivity contribution in [3.05, 3.63) is 0 Å². The highest BCUT2D eigenvalue weighted by atomic mass is 19.4. The maximum absolute atomic E-state index is 14.8. The van der Waals surface area contributed by atoms with Crippen LogP contribution in [0.15, 0.2) is 20.0 Å². The Kier molecular flexibility index (Phi) is 11.9. The highest BCUT2D eigenvalue weighted by Gasteiger charge is 2.75. The number of alkyl halides is 14. The van der Waals surface area contributed by atoms with Crippen molar-refractivity contribution in [3.8, 4) is 0 Å². The quantitative estimate of drug-likeness (QED) is 0.269. The van der Waals surface area contributed by atoms with Crippen LogP contribution >= 0.6 is 0 Å². The predicted molar refractivity (Wildman–Crippen MR) is 138 cm³/mol. The Labute approximate surface area is 245 Å². The summed E-state index contributed by atoms with van der Waals surface area (Å²) < 4.78 is 193. The third kappa shape index (κ3) is 8.91. The molecule has 0 saturated carbocycles. The first kappa shape index (κ1) is 39.7. The first-order chi connectivity index (χ1) is 19.4. The third-order valence-corrected chi connectivity index (χ3v) is 6.47. The summed E-state index contributed by atoms with van der Waals surface area (Å²) in [5.41, 5.74) is -6.75. The van der Waals surface area contributed by atoms with Gasteiger partial charge < -0.3 is 0 Å². The molecule has 0 radical (unpaired) electrons. The number of rotatable bonds is 4. The van der Waals surface area contributed by atoms with Crippen molar-refractivity contribution >= 4 is 22.8 Å². The number of aliphatic imine (C=N–C) groups is 4. The van der Waals surface area contributed by atoms with Gasteiger partial charge in [0.2, 0.25) is 0 Å². The second-order valence-electron chi connectivity index (χ2n) is 12.2. The van der Waals surface area contributed by atoms with Crippen molar-refractivity contribution in [3.63, 3.8) is 0 Å². The average Bonchev–Trinajstić information content (AvgIpc) is 2.80. The van der Waals surface area contributed by atoms with Crippen molar-refractivity contribution in [2.45, 2.75) is 103 Å². The van der Waals surface area contributed by atoms with Crippen molar-refractivity contribution < 1.29 is 61.5 Å². The van der Waals surface area contributed by atoms with E-state index in [0.29, 0.717) is 0 Å². The minimum atomic E-state index is -6.64. The van der Waals surface area contributed by atoms with Gasteiger partial charge in [0.25, 0.3) is 0 Å². The lowest BCUT2D eigenvalue weighted by Gasteiger charge is -2.31. The van der Waals surface area contributed by atoms with Crippen LogP contribution in [0.3, 0.4) is 0 Å². The predicted octanol–water partition coefficient (Wildman–Crippen LogP) is 9.08. The fourth-order valence-electron chi connectivity index (χ4n) is 3.68. The summed E-state index contributed by atoms with van der Waals surface area (Å²) in [5.74, 6) is -24.6. The second kappa shape index (κ2) is 13.2. The van der Waals surface area contributed by atoms with Crippen molar-refractivity contribution in [2.75, 3.05) is 26.2 Å². The molecule has 0 bridgehead atoms. The van der Waals surface area contributed by atoms with Gasteiger partial charge in [0.1, 0.15) is 0 Å². The van der Waals surface area contributed by atoms with Crippen molar-refractivity contribution in [2.24, 2.45) is 30.8 Å². The van der Waals surface area contributed by atoms with Gasteiger partial charge in [-0.1, -0.05) is 41.5 Å². The molecule has 44 heavy (non-hydrogen) atoms. The van der Waals surface area contributed by atoms with Gasteiger partial charge in [-0.05, 0) is 12.8 Å². The summed E-state index contributed by atoms with van der Waals surface area (Å²) in [6.45, 7) is 5.53. The first-order valence-corrected chi connectivity index (χ1v) is 13.2. The topological polar surface area (TPSA) is 49.4 Å². The van der Waals surface area contributed by atoms with Gasteiger partial charge in [0.15, 0.2) is 0 Å². The zero-order chi connectivity index (χ0) is 34.8. The fraction of sp³-hybridized carbons (Fsp3) is 0.846. The molecule has 0 atom stereocenters. The molecule has 0 aromatic rings. The number of hydrogen-bond donors (Lipinski definition) is 0. The standard InChI is InChI=1S/C26H34F14N4/c1-19(2,3)15-13-17(21(27,28)23(31,32)25(35,36)37)43-12-8-10-42-16(20(4,5)6)14-18(44-11-7-9-41-15)22(29,30)24(33,34)26(38,39)40/h7-14H2,1-6H3. The van der Waals surface area contributed by atoms with Crippen LogP contribution in [0, 0.1) is 10.8 Å². The van der Waals surface area contributed by atoms with Crippen molar-refractivity contribution in [1.82, 2.24) is 0 Å². The Bertz CT molecular complexity index is 1030. The van der Waals surface area contributed by atoms with Crippen LogP contribution in [0.1, 0.15) is 67.2 Å². The molecule has 0 spiro atoms. The van der Waals surface area contributed by atoms with Crippen LogP contribution in [0.5, 0.6) is 0 Å². The van der Waals surface area contributed by atoms with Gasteiger partial charge in [-0.25, -0.2) is 0 Å². The Morgan fingerprint density at radius 1 is 0.386 bits per heavy atom. The molecule has 4 nitrogen and oxygen atoms in total. The van der Waals surface area contributed by atoms with Crippen LogP contribution in [-0.2, 0) is 0 Å². The highest BCUT2D eigenvalue weighted by molar-refractivity contribution is 6.10. The van der Waals surface area contributed by atoms with Crippen molar-refractivity contribution in [1.29, 1.82) is 0 Å². The normalized spacial score (nSPS) is 19.2. The summed E-state index contributed by atoms with van der Waals surface area (Å²) in [5, 5.41) is 0. The summed E-state index contributed by atoms with van der Waals surface area (Å²) in [7, 11) is 0. The molecule has 18 heteroatoms. The van der Waals surface area contributed by atoms with Gasteiger partial charge in [0, 0.05) is 61.3 Å². The number of hydrogen-bond acceptors (Lipinski definition) is 4. The van der Waals surface area contributed by atoms with Crippen LogP contribution in [0.4, 0.5) is 61.5 Å². The molecule has 0 aliphatic carbocycles. The monoisotopic (exact) mass is 668 g/mol. The van der Waals surface area contributed by atoms with Gasteiger partial charge in [-0.2, -0.15) is 61.5 Å². The molecular weight excluding hydrogens is 634 g/mol. The van der Waals surface area contributed by atoms with E-state index >= 15 is 0 Å². The molecule has 0 saturated heterocycles. The van der Waals surface area contributed by atoms with E-state index in [-0.39, 0.29) is 11.4 Å². The summed E-state index contributed by atoms with van der Waals surface area (Å²) in [4.78, 5) is 14.5. The fourth-order valence-corrected chi connectivity index (χ4v) is 3.68. The first-order valence-electron chi connectivity index (χ1n) is 13.2. The minimum Gasteiger partial charge on any atom is -0.293 e. The summed E-state index contributed by atoms with van der Waals surface area (Å²) in [6.07, 6.45) is -16.6. The van der Waals surface area contributed by atoms with E-state index in [1.807, 2.05) is 0 Å². The lowest BCUT2D eigenvalue weighted by Crippen LogP contribution is -2.56. The molecule has 0 amide bonds. The zero-order valence-electron chi connectivity index (χ0n) is 24.7. The molecule has 0 N–H and O–H groups in total. The molecule has 256 valence electrons. The van der Waals surface area contributed by atoms with E-state index in [4.69, 9.17) is 0 Å². The van der Waals surface area contributed by atoms with Gasteiger partial charge in [-0.3, -0.25) is 20.0 Å². The van der Waals surface area contributed by atoms with Crippen LogP contribution in [0.2, 0.25) is 0 Å². The molecule has 1 aliphatic rings. The largest absolute Gasteiger partial charge is 0.460 e. The Hall–Kier alpha value is -2.30. The lowest BCUT2D eigenvalue weighted by molar-refractivity contribution is -0.336. The Morgan fingerprint density at radius 2 is 0.614 bits per heavy atom. The van der Waals surface area contributed by atoms with Gasteiger partial charge in [0.05, 0.1) is 11.4 Å². The molecule has 0 aromatic carbocycles. The Morgan fingerprint density at radius 3 is 0.818 bits per heavy atom. The maximum atomic E-state index is 14.8. The molecular formula is C26H34F14N4. The third-order valence-electron chi connectivity index (χ3n) is 6.47. The van der Waals surface area contributed by atoms with Crippen LogP contribution in [-0.4, -0.2) is 85.1 Å². The number of nitrogens with zero attached hydrogens (tertiary/aromatic N) is 4. The van der Waals surface area contributed by atoms with E-state index in [2.05, 4.69) is 20.0 Å². The number of halogens is 14. The zero-order valence-corrected chi connectivity index (χ0v) is 24.7. The highest BCUT2D eigenvalue weighted by Crippen LogP contribution is 2.49. The summed E-state index contributed by atoms with van der Waals surface area (Å²) >= 11 is 0. The van der Waals surface area contributed by atoms with E-state index in [1.165, 1.54) is 41.5 Å². The Balaban J connectivity index is 3.75. The maximum Gasteiger partial charge on any atom is 0.460 e. The smallest absolute Gasteiger partial charge is 0.293 e. The summed E-state index contributed by atoms with van der Waals surface area (Å²) in [6, 6.07) is 0. The lowest BCUT2D eigenvalue weighted by atomic mass is 9.84. The van der Waals surface area contributed by atoms with Crippen LogP contribution in [0.25, 0.3) is 0 Å². The van der Waals surface area contributed by atoms with E-state index in [0.717, 1.165) is 0 Å². The van der Waals surface area contributed by atoms with E-state index in [1.54, 1.807) is 0 Å². The van der Waals surface area contributed by atoms with E-state index < -0.39 is 110 Å². The van der Waals surface area contributed by atoms with Crippen LogP contribution < -0.4 is 0 Å². The van der Waals surface area contributed by atoms with Gasteiger partial charge >= 0.3 is 36.0 Å².